The van der Waals surface area contributed by atoms with E-state index < -0.39 is 0 Å². The first-order valence-electron chi connectivity index (χ1n) is 6.02. The molecule has 0 saturated carbocycles. The van der Waals surface area contributed by atoms with E-state index in [1.165, 1.54) is 13.0 Å². The molecule has 2 unspecified atom stereocenters. The van der Waals surface area contributed by atoms with Gasteiger partial charge in [-0.2, -0.15) is 0 Å². The SMILES string of the molecule is CCCC(=O)N1CC(C=O)CC1/C=C/C(C)=O. The van der Waals surface area contributed by atoms with Crippen LogP contribution in [0.25, 0.3) is 0 Å². The molecule has 0 aromatic heterocycles. The van der Waals surface area contributed by atoms with Gasteiger partial charge in [-0.05, 0) is 25.8 Å². The molecule has 0 aliphatic carbocycles. The van der Waals surface area contributed by atoms with E-state index in [4.69, 9.17) is 0 Å². The van der Waals surface area contributed by atoms with Gasteiger partial charge in [0, 0.05) is 18.9 Å². The van der Waals surface area contributed by atoms with E-state index in [1.807, 2.05) is 6.92 Å². The number of amides is 1. The van der Waals surface area contributed by atoms with Crippen LogP contribution in [0.15, 0.2) is 12.2 Å². The van der Waals surface area contributed by atoms with Crippen LogP contribution in [0.4, 0.5) is 0 Å². The number of ketones is 1. The fourth-order valence-electron chi connectivity index (χ4n) is 2.07. The average molecular weight is 237 g/mol. The Morgan fingerprint density at radius 1 is 1.41 bits per heavy atom. The second-order valence-corrected chi connectivity index (χ2v) is 4.47. The molecular weight excluding hydrogens is 218 g/mol. The van der Waals surface area contributed by atoms with Gasteiger partial charge in [0.25, 0.3) is 0 Å². The Morgan fingerprint density at radius 3 is 2.65 bits per heavy atom. The summed E-state index contributed by atoms with van der Waals surface area (Å²) in [5.74, 6) is -0.0742. The molecular formula is C13H19NO3. The van der Waals surface area contributed by atoms with Crippen LogP contribution >= 0.6 is 0 Å². The van der Waals surface area contributed by atoms with Crippen LogP contribution in [-0.2, 0) is 14.4 Å². The smallest absolute Gasteiger partial charge is 0.223 e. The lowest BCUT2D eigenvalue weighted by Gasteiger charge is -2.21. The Labute approximate surface area is 102 Å². The lowest BCUT2D eigenvalue weighted by atomic mass is 10.1. The highest BCUT2D eigenvalue weighted by Gasteiger charge is 2.32. The van der Waals surface area contributed by atoms with Crippen LogP contribution in [0, 0.1) is 5.92 Å². The minimum absolute atomic E-state index is 0.0394. The van der Waals surface area contributed by atoms with Gasteiger partial charge in [-0.1, -0.05) is 13.0 Å². The summed E-state index contributed by atoms with van der Waals surface area (Å²) in [4.78, 5) is 35.2. The molecule has 0 spiro atoms. The van der Waals surface area contributed by atoms with Crippen molar-refractivity contribution in [2.24, 2.45) is 5.92 Å². The molecule has 4 nitrogen and oxygen atoms in total. The summed E-state index contributed by atoms with van der Waals surface area (Å²) in [7, 11) is 0. The number of hydrogen-bond donors (Lipinski definition) is 0. The molecule has 1 heterocycles. The number of allylic oxidation sites excluding steroid dienone is 1. The van der Waals surface area contributed by atoms with Crippen molar-refractivity contribution in [3.63, 3.8) is 0 Å². The summed E-state index contributed by atoms with van der Waals surface area (Å²) in [5.41, 5.74) is 0. The molecule has 1 saturated heterocycles. The zero-order chi connectivity index (χ0) is 12.8. The van der Waals surface area contributed by atoms with E-state index in [0.29, 0.717) is 19.4 Å². The molecule has 0 aromatic rings. The van der Waals surface area contributed by atoms with Gasteiger partial charge in [-0.15, -0.1) is 0 Å². The molecule has 1 fully saturated rings. The molecule has 1 aliphatic heterocycles. The molecule has 0 aromatic carbocycles. The first kappa shape index (κ1) is 13.6. The predicted octanol–water partition coefficient (Wildman–Crippen LogP) is 1.35. The minimum atomic E-state index is -0.104. The number of rotatable bonds is 5. The topological polar surface area (TPSA) is 54.5 Å². The normalized spacial score (nSPS) is 24.2. The maximum absolute atomic E-state index is 11.9. The van der Waals surface area contributed by atoms with Crippen molar-refractivity contribution in [3.8, 4) is 0 Å². The van der Waals surface area contributed by atoms with Crippen molar-refractivity contribution in [3.05, 3.63) is 12.2 Å². The molecule has 2 atom stereocenters. The van der Waals surface area contributed by atoms with E-state index >= 15 is 0 Å². The Hall–Kier alpha value is -1.45. The number of carbonyl (C=O) groups is 3. The maximum atomic E-state index is 11.9. The summed E-state index contributed by atoms with van der Waals surface area (Å²) < 4.78 is 0. The standard InChI is InChI=1S/C13H19NO3/c1-3-4-13(17)14-8-11(9-15)7-12(14)6-5-10(2)16/h5-6,9,11-12H,3-4,7-8H2,1-2H3/b6-5+. The number of hydrogen-bond acceptors (Lipinski definition) is 3. The monoisotopic (exact) mass is 237 g/mol. The average Bonchev–Trinajstić information content (AvgIpc) is 2.70. The first-order valence-corrected chi connectivity index (χ1v) is 6.02. The van der Waals surface area contributed by atoms with Gasteiger partial charge < -0.3 is 9.69 Å². The Balaban J connectivity index is 2.73. The largest absolute Gasteiger partial charge is 0.336 e. The van der Waals surface area contributed by atoms with Crippen LogP contribution < -0.4 is 0 Å². The van der Waals surface area contributed by atoms with Crippen LogP contribution in [-0.4, -0.2) is 35.5 Å². The first-order chi connectivity index (χ1) is 8.08. The molecule has 1 amide bonds. The lowest BCUT2D eigenvalue weighted by molar-refractivity contribution is -0.131. The highest BCUT2D eigenvalue weighted by Crippen LogP contribution is 2.23. The van der Waals surface area contributed by atoms with E-state index in [9.17, 15) is 14.4 Å². The van der Waals surface area contributed by atoms with E-state index in [1.54, 1.807) is 11.0 Å². The molecule has 4 heteroatoms. The number of carbonyl (C=O) groups excluding carboxylic acids is 3. The third-order valence-electron chi connectivity index (χ3n) is 2.91. The summed E-state index contributed by atoms with van der Waals surface area (Å²) >= 11 is 0. The van der Waals surface area contributed by atoms with Crippen LogP contribution in [0.5, 0.6) is 0 Å². The van der Waals surface area contributed by atoms with E-state index in [2.05, 4.69) is 0 Å². The highest BCUT2D eigenvalue weighted by atomic mass is 16.2. The lowest BCUT2D eigenvalue weighted by Crippen LogP contribution is -2.34. The molecule has 0 radical (unpaired) electrons. The Kier molecular flexibility index (Phi) is 5.07. The number of likely N-dealkylation sites (tertiary alicyclic amines) is 1. The van der Waals surface area contributed by atoms with Gasteiger partial charge in [-0.25, -0.2) is 0 Å². The van der Waals surface area contributed by atoms with Gasteiger partial charge in [0.1, 0.15) is 6.29 Å². The summed E-state index contributed by atoms with van der Waals surface area (Å²) in [6.45, 7) is 3.90. The summed E-state index contributed by atoms with van der Waals surface area (Å²) in [6.07, 6.45) is 6.03. The Bertz CT molecular complexity index is 336. The van der Waals surface area contributed by atoms with Crippen LogP contribution in [0.3, 0.4) is 0 Å². The fourth-order valence-corrected chi connectivity index (χ4v) is 2.07. The van der Waals surface area contributed by atoms with Gasteiger partial charge in [0.2, 0.25) is 5.91 Å². The van der Waals surface area contributed by atoms with Crippen LogP contribution in [0.2, 0.25) is 0 Å². The molecule has 17 heavy (non-hydrogen) atoms. The number of aldehydes is 1. The molecule has 1 aliphatic rings. The number of nitrogens with zero attached hydrogens (tertiary/aromatic N) is 1. The minimum Gasteiger partial charge on any atom is -0.336 e. The van der Waals surface area contributed by atoms with Gasteiger partial charge in [0.05, 0.1) is 6.04 Å². The highest BCUT2D eigenvalue weighted by molar-refractivity contribution is 5.87. The van der Waals surface area contributed by atoms with Crippen molar-refractivity contribution in [2.45, 2.75) is 39.2 Å². The fraction of sp³-hybridized carbons (Fsp3) is 0.615. The van der Waals surface area contributed by atoms with Crippen molar-refractivity contribution in [2.75, 3.05) is 6.54 Å². The second-order valence-electron chi connectivity index (χ2n) is 4.47. The predicted molar refractivity (Wildman–Crippen MR) is 64.4 cm³/mol. The van der Waals surface area contributed by atoms with Crippen LogP contribution in [0.1, 0.15) is 33.1 Å². The van der Waals surface area contributed by atoms with Gasteiger partial charge >= 0.3 is 0 Å². The second kappa shape index (κ2) is 6.33. The zero-order valence-corrected chi connectivity index (χ0v) is 10.4. The summed E-state index contributed by atoms with van der Waals surface area (Å²) in [6, 6.07) is -0.104. The van der Waals surface area contributed by atoms with Crippen molar-refractivity contribution >= 4 is 18.0 Å². The van der Waals surface area contributed by atoms with Crippen molar-refractivity contribution in [1.29, 1.82) is 0 Å². The summed E-state index contributed by atoms with van der Waals surface area (Å²) in [5, 5.41) is 0. The Morgan fingerprint density at radius 2 is 2.12 bits per heavy atom. The maximum Gasteiger partial charge on any atom is 0.223 e. The molecule has 0 N–H and O–H groups in total. The van der Waals surface area contributed by atoms with Gasteiger partial charge in [-0.3, -0.25) is 9.59 Å². The van der Waals surface area contributed by atoms with E-state index in [-0.39, 0.29) is 23.7 Å². The molecule has 0 bridgehead atoms. The third kappa shape index (κ3) is 3.80. The zero-order valence-electron chi connectivity index (χ0n) is 10.4. The molecule has 94 valence electrons. The van der Waals surface area contributed by atoms with Crippen molar-refractivity contribution < 1.29 is 14.4 Å². The quantitative estimate of drug-likeness (QED) is 0.535. The van der Waals surface area contributed by atoms with Gasteiger partial charge in [0.15, 0.2) is 5.78 Å². The molecule has 1 rings (SSSR count). The third-order valence-corrected chi connectivity index (χ3v) is 2.91. The van der Waals surface area contributed by atoms with Crippen molar-refractivity contribution in [1.82, 2.24) is 4.90 Å². The van der Waals surface area contributed by atoms with E-state index in [0.717, 1.165) is 12.7 Å².